The molecular weight excluding hydrogens is 269 g/mol. The molecule has 20 heavy (non-hydrogen) atoms. The minimum Gasteiger partial charge on any atom is -0.478 e. The summed E-state index contributed by atoms with van der Waals surface area (Å²) in [5.74, 6) is -2.38. The van der Waals surface area contributed by atoms with Gasteiger partial charge < -0.3 is 21.1 Å². The Morgan fingerprint density at radius 3 is 2.75 bits per heavy atom. The van der Waals surface area contributed by atoms with E-state index in [1.807, 2.05) is 0 Å². The van der Waals surface area contributed by atoms with Gasteiger partial charge in [-0.25, -0.2) is 14.0 Å². The molecule has 1 fully saturated rings. The van der Waals surface area contributed by atoms with Crippen molar-refractivity contribution in [1.82, 2.24) is 10.6 Å². The Hall–Kier alpha value is -2.64. The standard InChI is InChI=1S/C12H12FN3O4/c13-8-3-1-2-7(11(18)19)10(8)16-12(20)15-6-4-9(17)14-5-6/h1-3,6H,4-5H2,(H,14,17)(H,18,19)(H2,15,16,20). The van der Waals surface area contributed by atoms with Crippen molar-refractivity contribution >= 4 is 23.6 Å². The van der Waals surface area contributed by atoms with Crippen molar-refractivity contribution in [2.45, 2.75) is 12.5 Å². The molecule has 1 aromatic rings. The number of aromatic carboxylic acids is 1. The van der Waals surface area contributed by atoms with Gasteiger partial charge in [0.1, 0.15) is 5.82 Å². The van der Waals surface area contributed by atoms with Crippen LogP contribution in [-0.4, -0.2) is 35.6 Å². The minimum absolute atomic E-state index is 0.135. The molecule has 0 aromatic heterocycles. The zero-order valence-electron chi connectivity index (χ0n) is 10.3. The number of nitrogens with one attached hydrogen (secondary N) is 3. The zero-order chi connectivity index (χ0) is 14.7. The van der Waals surface area contributed by atoms with Gasteiger partial charge in [0.05, 0.1) is 17.3 Å². The predicted molar refractivity (Wildman–Crippen MR) is 66.9 cm³/mol. The lowest BCUT2D eigenvalue weighted by Gasteiger charge is -2.13. The molecule has 0 radical (unpaired) electrons. The molecule has 1 aliphatic heterocycles. The van der Waals surface area contributed by atoms with Crippen LogP contribution in [0.25, 0.3) is 0 Å². The summed E-state index contributed by atoms with van der Waals surface area (Å²) in [5, 5.41) is 16.1. The third-order valence-electron chi connectivity index (χ3n) is 2.80. The normalized spacial score (nSPS) is 17.4. The molecule has 7 nitrogen and oxygen atoms in total. The van der Waals surface area contributed by atoms with Crippen LogP contribution in [0.5, 0.6) is 0 Å². The number of carbonyl (C=O) groups excluding carboxylic acids is 2. The van der Waals surface area contributed by atoms with E-state index in [1.54, 1.807) is 0 Å². The van der Waals surface area contributed by atoms with E-state index in [2.05, 4.69) is 16.0 Å². The number of urea groups is 1. The van der Waals surface area contributed by atoms with Gasteiger partial charge >= 0.3 is 12.0 Å². The van der Waals surface area contributed by atoms with Crippen LogP contribution in [0.2, 0.25) is 0 Å². The van der Waals surface area contributed by atoms with E-state index in [0.29, 0.717) is 0 Å². The van der Waals surface area contributed by atoms with Crippen LogP contribution in [0.4, 0.5) is 14.9 Å². The predicted octanol–water partition coefficient (Wildman–Crippen LogP) is 0.534. The highest BCUT2D eigenvalue weighted by atomic mass is 19.1. The zero-order valence-corrected chi connectivity index (χ0v) is 10.3. The third kappa shape index (κ3) is 3.02. The van der Waals surface area contributed by atoms with Crippen molar-refractivity contribution in [3.05, 3.63) is 29.6 Å². The molecule has 106 valence electrons. The molecule has 1 atom stereocenters. The number of carbonyl (C=O) groups is 3. The van der Waals surface area contributed by atoms with E-state index in [1.165, 1.54) is 12.1 Å². The first kappa shape index (κ1) is 13.8. The number of benzene rings is 1. The summed E-state index contributed by atoms with van der Waals surface area (Å²) in [4.78, 5) is 33.6. The molecule has 1 aromatic carbocycles. The SMILES string of the molecule is O=C1CC(NC(=O)Nc2c(F)cccc2C(=O)O)CN1. The molecular formula is C12H12FN3O4. The maximum Gasteiger partial charge on any atom is 0.337 e. The second-order valence-electron chi connectivity index (χ2n) is 4.27. The molecule has 0 spiro atoms. The number of rotatable bonds is 3. The lowest BCUT2D eigenvalue weighted by molar-refractivity contribution is -0.119. The summed E-state index contributed by atoms with van der Waals surface area (Å²) >= 11 is 0. The quantitative estimate of drug-likeness (QED) is 0.648. The third-order valence-corrected chi connectivity index (χ3v) is 2.80. The molecule has 8 heteroatoms. The number of hydrogen-bond acceptors (Lipinski definition) is 3. The fourth-order valence-corrected chi connectivity index (χ4v) is 1.87. The number of anilines is 1. The molecule has 4 N–H and O–H groups in total. The minimum atomic E-state index is -1.35. The van der Waals surface area contributed by atoms with Crippen molar-refractivity contribution < 1.29 is 23.9 Å². The number of hydrogen-bond donors (Lipinski definition) is 4. The van der Waals surface area contributed by atoms with Gasteiger partial charge in [0, 0.05) is 13.0 Å². The monoisotopic (exact) mass is 281 g/mol. The molecule has 1 unspecified atom stereocenters. The van der Waals surface area contributed by atoms with E-state index in [4.69, 9.17) is 5.11 Å². The first-order chi connectivity index (χ1) is 9.47. The van der Waals surface area contributed by atoms with Crippen molar-refractivity contribution in [3.63, 3.8) is 0 Å². The Kier molecular flexibility index (Phi) is 3.83. The van der Waals surface area contributed by atoms with E-state index in [9.17, 15) is 18.8 Å². The van der Waals surface area contributed by atoms with Crippen LogP contribution in [0.3, 0.4) is 0 Å². The number of carboxylic acid groups (broad SMARTS) is 1. The van der Waals surface area contributed by atoms with Crippen molar-refractivity contribution in [2.24, 2.45) is 0 Å². The van der Waals surface area contributed by atoms with E-state index < -0.39 is 29.5 Å². The van der Waals surface area contributed by atoms with Gasteiger partial charge in [0.2, 0.25) is 5.91 Å². The Labute approximate surface area is 113 Å². The smallest absolute Gasteiger partial charge is 0.337 e. The average Bonchev–Trinajstić information content (AvgIpc) is 2.77. The Bertz CT molecular complexity index is 576. The van der Waals surface area contributed by atoms with Crippen LogP contribution >= 0.6 is 0 Å². The fourth-order valence-electron chi connectivity index (χ4n) is 1.87. The second kappa shape index (κ2) is 5.55. The van der Waals surface area contributed by atoms with Gasteiger partial charge in [-0.1, -0.05) is 6.07 Å². The molecule has 1 aliphatic rings. The molecule has 0 bridgehead atoms. The molecule has 3 amide bonds. The lowest BCUT2D eigenvalue weighted by Crippen LogP contribution is -2.39. The van der Waals surface area contributed by atoms with Gasteiger partial charge in [-0.3, -0.25) is 4.79 Å². The van der Waals surface area contributed by atoms with Crippen molar-refractivity contribution in [1.29, 1.82) is 0 Å². The van der Waals surface area contributed by atoms with Crippen LogP contribution in [-0.2, 0) is 4.79 Å². The van der Waals surface area contributed by atoms with E-state index in [-0.39, 0.29) is 24.4 Å². The number of amides is 3. The summed E-state index contributed by atoms with van der Waals surface area (Å²) in [6.45, 7) is 0.287. The van der Waals surface area contributed by atoms with E-state index in [0.717, 1.165) is 6.07 Å². The molecule has 2 rings (SSSR count). The maximum atomic E-state index is 13.6. The maximum absolute atomic E-state index is 13.6. The molecule has 1 heterocycles. The van der Waals surface area contributed by atoms with Crippen molar-refractivity contribution in [3.8, 4) is 0 Å². The van der Waals surface area contributed by atoms with Gasteiger partial charge in [-0.05, 0) is 12.1 Å². The van der Waals surface area contributed by atoms with Crippen LogP contribution in [0.15, 0.2) is 18.2 Å². The number of para-hydroxylation sites is 1. The fraction of sp³-hybridized carbons (Fsp3) is 0.250. The van der Waals surface area contributed by atoms with Gasteiger partial charge in [-0.15, -0.1) is 0 Å². The summed E-state index contributed by atoms with van der Waals surface area (Å²) < 4.78 is 13.6. The topological polar surface area (TPSA) is 108 Å². The van der Waals surface area contributed by atoms with Gasteiger partial charge in [0.25, 0.3) is 0 Å². The summed E-state index contributed by atoms with van der Waals surface area (Å²) in [6, 6.07) is 2.30. The Morgan fingerprint density at radius 2 is 2.15 bits per heavy atom. The van der Waals surface area contributed by atoms with Crippen molar-refractivity contribution in [2.75, 3.05) is 11.9 Å². The van der Waals surface area contributed by atoms with Crippen LogP contribution in [0.1, 0.15) is 16.8 Å². The molecule has 1 saturated heterocycles. The summed E-state index contributed by atoms with van der Waals surface area (Å²) in [7, 11) is 0. The summed E-state index contributed by atoms with van der Waals surface area (Å²) in [5.41, 5.74) is -0.754. The molecule has 0 aliphatic carbocycles. The van der Waals surface area contributed by atoms with Crippen LogP contribution < -0.4 is 16.0 Å². The summed E-state index contributed by atoms with van der Waals surface area (Å²) in [6.07, 6.45) is 0.135. The lowest BCUT2D eigenvalue weighted by atomic mass is 10.1. The second-order valence-corrected chi connectivity index (χ2v) is 4.27. The largest absolute Gasteiger partial charge is 0.478 e. The van der Waals surface area contributed by atoms with Gasteiger partial charge in [-0.2, -0.15) is 0 Å². The van der Waals surface area contributed by atoms with Crippen LogP contribution in [0, 0.1) is 5.82 Å². The highest BCUT2D eigenvalue weighted by Gasteiger charge is 2.24. The highest BCUT2D eigenvalue weighted by Crippen LogP contribution is 2.19. The number of halogens is 1. The average molecular weight is 281 g/mol. The highest BCUT2D eigenvalue weighted by molar-refractivity contribution is 6.00. The Morgan fingerprint density at radius 1 is 1.40 bits per heavy atom. The molecule has 0 saturated carbocycles. The Balaban J connectivity index is 2.08. The van der Waals surface area contributed by atoms with Gasteiger partial charge in [0.15, 0.2) is 0 Å². The van der Waals surface area contributed by atoms with E-state index >= 15 is 0 Å². The first-order valence-electron chi connectivity index (χ1n) is 5.83. The first-order valence-corrected chi connectivity index (χ1v) is 5.83. The number of carboxylic acids is 1.